The van der Waals surface area contributed by atoms with Gasteiger partial charge < -0.3 is 15.1 Å². The number of rotatable bonds is 8. The average Bonchev–Trinajstić information content (AvgIpc) is 2.68. The van der Waals surface area contributed by atoms with E-state index in [4.69, 9.17) is 19.9 Å². The quantitative estimate of drug-likeness (QED) is 0.630. The molecule has 10 heteroatoms. The summed E-state index contributed by atoms with van der Waals surface area (Å²) in [5.74, 6) is 2.99. The molecule has 1 fully saturated rings. The number of thioether (sulfide) groups is 1. The van der Waals surface area contributed by atoms with Crippen LogP contribution in [0, 0.1) is 0 Å². The van der Waals surface area contributed by atoms with E-state index in [2.05, 4.69) is 19.9 Å². The third-order valence-corrected chi connectivity index (χ3v) is 4.44. The number of pyridine rings is 1. The number of hydrogen-bond acceptors (Lipinski definition) is 10. The Morgan fingerprint density at radius 3 is 2.52 bits per heavy atom. The molecule has 136 valence electrons. The smallest absolute Gasteiger partial charge is 0.280 e. The maximum absolute atomic E-state index is 9.00. The van der Waals surface area contributed by atoms with Gasteiger partial charge in [0.15, 0.2) is 5.82 Å². The van der Waals surface area contributed by atoms with E-state index in [0.29, 0.717) is 5.52 Å². The molecule has 2 aromatic heterocycles. The van der Waals surface area contributed by atoms with Crippen molar-refractivity contribution in [1.82, 2.24) is 15.0 Å². The molecule has 1 saturated heterocycles. The highest BCUT2D eigenvalue weighted by Gasteiger charge is 2.21. The normalized spacial score (nSPS) is 14.9. The number of aliphatic hydroxyl groups excluding tert-OH is 2. The van der Waals surface area contributed by atoms with Crippen LogP contribution in [0.4, 0.5) is 11.8 Å². The van der Waals surface area contributed by atoms with Crippen molar-refractivity contribution in [3.63, 3.8) is 0 Å². The molecule has 0 radical (unpaired) electrons. The molecule has 1 aliphatic heterocycles. The van der Waals surface area contributed by atoms with Crippen molar-refractivity contribution in [3.8, 4) is 0 Å². The van der Waals surface area contributed by atoms with Crippen LogP contribution in [0.25, 0.3) is 11.0 Å². The molecule has 25 heavy (non-hydrogen) atoms. The Morgan fingerprint density at radius 1 is 1.12 bits per heavy atom. The van der Waals surface area contributed by atoms with Crippen molar-refractivity contribution in [1.29, 1.82) is 0 Å². The van der Waals surface area contributed by atoms with E-state index in [1.54, 1.807) is 6.20 Å². The third-order valence-electron chi connectivity index (χ3n) is 3.50. The number of nitrogens with zero attached hydrogens (tertiary/aromatic N) is 5. The Bertz CT molecular complexity index is 678. The van der Waals surface area contributed by atoms with Gasteiger partial charge in [-0.05, 0) is 12.1 Å². The van der Waals surface area contributed by atoms with Gasteiger partial charge in [-0.1, -0.05) is 5.23 Å². The first-order valence-electron chi connectivity index (χ1n) is 8.06. The fraction of sp³-hybridized carbons (Fsp3) is 0.533. The van der Waals surface area contributed by atoms with E-state index in [9.17, 15) is 0 Å². The van der Waals surface area contributed by atoms with E-state index in [1.165, 1.54) is 0 Å². The highest BCUT2D eigenvalue weighted by atomic mass is 32.2. The van der Waals surface area contributed by atoms with Crippen molar-refractivity contribution < 1.29 is 19.9 Å². The summed E-state index contributed by atoms with van der Waals surface area (Å²) in [6.45, 7) is 1.45. The lowest BCUT2D eigenvalue weighted by Gasteiger charge is -2.29. The molecule has 0 atom stereocenters. The van der Waals surface area contributed by atoms with E-state index in [1.807, 2.05) is 23.9 Å². The highest BCUT2D eigenvalue weighted by Crippen LogP contribution is 2.27. The molecule has 0 aliphatic carbocycles. The first-order valence-corrected chi connectivity index (χ1v) is 9.22. The summed E-state index contributed by atoms with van der Waals surface area (Å²) in [5, 5.41) is 19.0. The summed E-state index contributed by atoms with van der Waals surface area (Å²) >= 11 is 1.91. The molecule has 0 saturated carbocycles. The Morgan fingerprint density at radius 2 is 1.84 bits per heavy atom. The molecule has 0 unspecified atom stereocenters. The van der Waals surface area contributed by atoms with E-state index in [0.717, 1.165) is 41.2 Å². The summed E-state index contributed by atoms with van der Waals surface area (Å²) in [6, 6.07) is 3.66. The standard InChI is InChI=1S/C15H21N5O4S/c21-6-8-23-20(24-9-7-22)15-17-12-2-1-3-16-13(12)14(18-15)19-4-10-25-11-5-19/h1-3,21-22H,4-11H2. The lowest BCUT2D eigenvalue weighted by molar-refractivity contribution is -0.106. The number of hydrogen-bond donors (Lipinski definition) is 2. The van der Waals surface area contributed by atoms with Crippen molar-refractivity contribution in [2.75, 3.05) is 61.1 Å². The number of aliphatic hydroxyl groups is 2. The molecule has 0 amide bonds. The minimum absolute atomic E-state index is 0.0234. The number of aromatic nitrogens is 3. The second-order valence-electron chi connectivity index (χ2n) is 5.19. The van der Waals surface area contributed by atoms with Crippen LogP contribution in [0.3, 0.4) is 0 Å². The van der Waals surface area contributed by atoms with Gasteiger partial charge in [0.2, 0.25) is 0 Å². The maximum atomic E-state index is 9.00. The molecule has 3 rings (SSSR count). The van der Waals surface area contributed by atoms with Gasteiger partial charge in [0.05, 0.1) is 18.7 Å². The van der Waals surface area contributed by atoms with Gasteiger partial charge in [0.25, 0.3) is 5.95 Å². The number of anilines is 2. The summed E-state index contributed by atoms with van der Waals surface area (Å²) in [4.78, 5) is 26.3. The van der Waals surface area contributed by atoms with Gasteiger partial charge in [0, 0.05) is 30.8 Å². The largest absolute Gasteiger partial charge is 0.394 e. The first kappa shape index (κ1) is 18.1. The van der Waals surface area contributed by atoms with Crippen LogP contribution < -0.4 is 10.1 Å². The van der Waals surface area contributed by atoms with Gasteiger partial charge in [-0.15, -0.1) is 0 Å². The lowest BCUT2D eigenvalue weighted by Crippen LogP contribution is -2.34. The Balaban J connectivity index is 1.98. The number of fused-ring (bicyclic) bond motifs is 1. The molecule has 2 N–H and O–H groups in total. The van der Waals surface area contributed by atoms with Gasteiger partial charge in [0.1, 0.15) is 18.7 Å². The molecule has 2 aromatic rings. The fourth-order valence-electron chi connectivity index (χ4n) is 2.42. The zero-order chi connectivity index (χ0) is 17.5. The predicted octanol–water partition coefficient (Wildman–Crippen LogP) is 0.232. The molecule has 0 bridgehead atoms. The molecular weight excluding hydrogens is 346 g/mol. The van der Waals surface area contributed by atoms with Crippen molar-refractivity contribution in [2.45, 2.75) is 0 Å². The van der Waals surface area contributed by atoms with E-state index >= 15 is 0 Å². The van der Waals surface area contributed by atoms with Crippen LogP contribution in [-0.4, -0.2) is 76.2 Å². The molecular formula is C15H21N5O4S. The summed E-state index contributed by atoms with van der Waals surface area (Å²) in [6.07, 6.45) is 1.72. The van der Waals surface area contributed by atoms with E-state index < -0.39 is 0 Å². The van der Waals surface area contributed by atoms with Crippen molar-refractivity contribution >= 4 is 34.6 Å². The minimum Gasteiger partial charge on any atom is -0.394 e. The third kappa shape index (κ3) is 4.47. The molecule has 0 spiro atoms. The molecule has 9 nitrogen and oxygen atoms in total. The van der Waals surface area contributed by atoms with Crippen LogP contribution in [0.2, 0.25) is 0 Å². The van der Waals surface area contributed by atoms with Crippen molar-refractivity contribution in [2.24, 2.45) is 0 Å². The van der Waals surface area contributed by atoms with Gasteiger partial charge in [-0.25, -0.2) is 14.7 Å². The predicted molar refractivity (Wildman–Crippen MR) is 95.4 cm³/mol. The lowest BCUT2D eigenvalue weighted by atomic mass is 10.3. The summed E-state index contributed by atoms with van der Waals surface area (Å²) in [5.41, 5.74) is 1.40. The SMILES string of the molecule is OCCON(OCCO)c1nc(N2CCSCC2)c2ncccc2n1. The zero-order valence-electron chi connectivity index (χ0n) is 13.7. The van der Waals surface area contributed by atoms with E-state index in [-0.39, 0.29) is 32.4 Å². The molecule has 3 heterocycles. The monoisotopic (exact) mass is 367 g/mol. The van der Waals surface area contributed by atoms with Crippen LogP contribution in [0.1, 0.15) is 0 Å². The molecule has 1 aliphatic rings. The van der Waals surface area contributed by atoms with Crippen LogP contribution >= 0.6 is 11.8 Å². The van der Waals surface area contributed by atoms with Gasteiger partial charge in [-0.2, -0.15) is 16.7 Å². The Hall–Kier alpha value is -1.72. The van der Waals surface area contributed by atoms with Crippen LogP contribution in [0.15, 0.2) is 18.3 Å². The Labute approximate surface area is 149 Å². The topological polar surface area (TPSA) is 104 Å². The second kappa shape index (κ2) is 9.11. The average molecular weight is 367 g/mol. The van der Waals surface area contributed by atoms with Gasteiger partial charge >= 0.3 is 0 Å². The van der Waals surface area contributed by atoms with Crippen LogP contribution in [0.5, 0.6) is 0 Å². The summed E-state index contributed by atoms with van der Waals surface area (Å²) < 4.78 is 0. The zero-order valence-corrected chi connectivity index (χ0v) is 14.6. The van der Waals surface area contributed by atoms with Gasteiger partial charge in [-0.3, -0.25) is 4.98 Å². The first-order chi connectivity index (χ1) is 12.3. The Kier molecular flexibility index (Phi) is 6.59. The van der Waals surface area contributed by atoms with Crippen molar-refractivity contribution in [3.05, 3.63) is 18.3 Å². The minimum atomic E-state index is -0.176. The summed E-state index contributed by atoms with van der Waals surface area (Å²) in [7, 11) is 0. The fourth-order valence-corrected chi connectivity index (χ4v) is 3.32. The second-order valence-corrected chi connectivity index (χ2v) is 6.41. The maximum Gasteiger partial charge on any atom is 0.280 e. The highest BCUT2D eigenvalue weighted by molar-refractivity contribution is 7.99. The molecule has 0 aromatic carbocycles. The van der Waals surface area contributed by atoms with Crippen LogP contribution in [-0.2, 0) is 9.68 Å².